The minimum atomic E-state index is -0.502. The highest BCUT2D eigenvalue weighted by atomic mass is 14.9. The molecule has 3 aromatic rings. The second-order valence-electron chi connectivity index (χ2n) is 6.55. The lowest BCUT2D eigenvalue weighted by Gasteiger charge is -2.17. The molecule has 24 heavy (non-hydrogen) atoms. The lowest BCUT2D eigenvalue weighted by atomic mass is 9.86. The van der Waals surface area contributed by atoms with E-state index in [0.717, 1.165) is 33.3 Å². The van der Waals surface area contributed by atoms with E-state index in [1.165, 1.54) is 0 Å². The summed E-state index contributed by atoms with van der Waals surface area (Å²) in [7, 11) is 2.05. The molecule has 0 aliphatic carbocycles. The van der Waals surface area contributed by atoms with Gasteiger partial charge in [-0.2, -0.15) is 5.26 Å². The molecule has 3 N–H and O–H groups in total. The van der Waals surface area contributed by atoms with E-state index >= 15 is 0 Å². The Balaban J connectivity index is 2.00. The molecule has 5 heteroatoms. The van der Waals surface area contributed by atoms with Gasteiger partial charge in [-0.1, -0.05) is 29.7 Å². The monoisotopic (exact) mass is 314 g/mol. The number of pyridine rings is 1. The van der Waals surface area contributed by atoms with Crippen molar-refractivity contribution in [3.63, 3.8) is 0 Å². The van der Waals surface area contributed by atoms with Crippen LogP contribution in [0.1, 0.15) is 19.4 Å². The first-order chi connectivity index (χ1) is 11.4. The molecule has 3 rings (SSSR count). The fraction of sp³-hybridized carbons (Fsp3) is 0.158. The summed E-state index contributed by atoms with van der Waals surface area (Å²) in [6, 6.07) is 16.3. The predicted molar refractivity (Wildman–Crippen MR) is 103 cm³/mol. The van der Waals surface area contributed by atoms with Gasteiger partial charge in [-0.25, -0.2) is 0 Å². The fourth-order valence-corrected chi connectivity index (χ4v) is 2.64. The second kappa shape index (κ2) is 5.90. The quantitative estimate of drug-likeness (QED) is 0.729. The van der Waals surface area contributed by atoms with Gasteiger partial charge in [-0.15, -0.1) is 0 Å². The van der Waals surface area contributed by atoms with E-state index in [9.17, 15) is 5.26 Å². The number of nitrogens with zero attached hydrogens (tertiary/aromatic N) is 2. The van der Waals surface area contributed by atoms with Gasteiger partial charge in [0.15, 0.2) is 0 Å². The molecule has 4 nitrogen and oxygen atoms in total. The third-order valence-corrected chi connectivity index (χ3v) is 4.21. The van der Waals surface area contributed by atoms with Crippen LogP contribution in [0.3, 0.4) is 0 Å². The number of nitriles is 1. The summed E-state index contributed by atoms with van der Waals surface area (Å²) >= 11 is 0. The molecule has 118 valence electrons. The van der Waals surface area contributed by atoms with E-state index in [2.05, 4.69) is 22.4 Å². The zero-order chi connectivity index (χ0) is 17.3. The van der Waals surface area contributed by atoms with Crippen molar-refractivity contribution in [2.24, 2.45) is 0 Å². The van der Waals surface area contributed by atoms with Crippen LogP contribution < -0.4 is 16.5 Å². The minimum absolute atomic E-state index is 0.502. The van der Waals surface area contributed by atoms with Crippen LogP contribution in [0, 0.1) is 11.3 Å². The Morgan fingerprint density at radius 2 is 1.88 bits per heavy atom. The fourth-order valence-electron chi connectivity index (χ4n) is 2.64. The van der Waals surface area contributed by atoms with Crippen molar-refractivity contribution in [3.8, 4) is 6.07 Å². The molecule has 2 aromatic carbocycles. The summed E-state index contributed by atoms with van der Waals surface area (Å²) in [6.07, 6.45) is 1.67. The maximum Gasteiger partial charge on any atom is 0.139 e. The van der Waals surface area contributed by atoms with E-state index in [1.54, 1.807) is 6.20 Å². The molecule has 0 aliphatic heterocycles. The Morgan fingerprint density at radius 1 is 1.17 bits per heavy atom. The molecule has 0 amide bonds. The summed E-state index contributed by atoms with van der Waals surface area (Å²) in [5.74, 6) is 0. The summed E-state index contributed by atoms with van der Waals surface area (Å²) in [6.45, 7) is 3.82. The van der Waals surface area contributed by atoms with Gasteiger partial charge in [0.2, 0.25) is 0 Å². The summed E-state index contributed by atoms with van der Waals surface area (Å²) in [5.41, 5.74) is 11.1. The van der Waals surface area contributed by atoms with Crippen LogP contribution in [-0.2, 0) is 5.41 Å². The van der Waals surface area contributed by atoms with E-state index < -0.39 is 5.41 Å². The van der Waals surface area contributed by atoms with Crippen LogP contribution in [0.25, 0.3) is 10.9 Å². The number of hydrogen-bond donors (Lipinski definition) is 2. The highest BCUT2D eigenvalue weighted by Crippen LogP contribution is 2.31. The molecule has 0 saturated heterocycles. The van der Waals surface area contributed by atoms with Crippen molar-refractivity contribution >= 4 is 41.3 Å². The Morgan fingerprint density at radius 3 is 2.54 bits per heavy atom. The highest BCUT2D eigenvalue weighted by molar-refractivity contribution is 6.33. The van der Waals surface area contributed by atoms with E-state index in [-0.39, 0.29) is 0 Å². The summed E-state index contributed by atoms with van der Waals surface area (Å²) in [4.78, 5) is 4.38. The lowest BCUT2D eigenvalue weighted by Crippen LogP contribution is -2.13. The van der Waals surface area contributed by atoms with Gasteiger partial charge in [0.25, 0.3) is 0 Å². The van der Waals surface area contributed by atoms with Crippen molar-refractivity contribution < 1.29 is 0 Å². The SMILES string of the molecule is Bc1ccc2ncc(N)c(Nc3ccc(C(C)(C)C#N)cc3)c2c1. The standard InChI is InChI=1S/C19H19BN4/c1-19(2,11-21)12-3-6-14(7-4-12)24-18-15-9-13(20)5-8-17(15)23-10-16(18)22/h3-10H,20,22H2,1-2H3,(H,23,24). The van der Waals surface area contributed by atoms with Gasteiger partial charge in [-0.05, 0) is 37.6 Å². The molecule has 1 heterocycles. The zero-order valence-electron chi connectivity index (χ0n) is 14.1. The maximum absolute atomic E-state index is 9.24. The van der Waals surface area contributed by atoms with Crippen LogP contribution in [0.4, 0.5) is 17.1 Å². The average molecular weight is 314 g/mol. The van der Waals surface area contributed by atoms with Gasteiger partial charge >= 0.3 is 0 Å². The molecular weight excluding hydrogens is 295 g/mol. The first-order valence-corrected chi connectivity index (χ1v) is 7.84. The molecule has 0 atom stereocenters. The van der Waals surface area contributed by atoms with Crippen molar-refractivity contribution in [3.05, 3.63) is 54.2 Å². The zero-order valence-corrected chi connectivity index (χ0v) is 14.1. The van der Waals surface area contributed by atoms with Crippen LogP contribution in [0.15, 0.2) is 48.7 Å². The highest BCUT2D eigenvalue weighted by Gasteiger charge is 2.19. The lowest BCUT2D eigenvalue weighted by molar-refractivity contribution is 0.687. The first kappa shape index (κ1) is 15.9. The van der Waals surface area contributed by atoms with Crippen molar-refractivity contribution in [2.45, 2.75) is 19.3 Å². The number of hydrogen-bond acceptors (Lipinski definition) is 4. The molecule has 0 bridgehead atoms. The molecular formula is C19H19BN4. The largest absolute Gasteiger partial charge is 0.396 e. The normalized spacial score (nSPS) is 11.2. The summed E-state index contributed by atoms with van der Waals surface area (Å²) < 4.78 is 0. The Kier molecular flexibility index (Phi) is 3.90. The van der Waals surface area contributed by atoms with Gasteiger partial charge < -0.3 is 11.1 Å². The molecule has 0 fully saturated rings. The van der Waals surface area contributed by atoms with E-state index in [0.29, 0.717) is 5.69 Å². The number of aromatic nitrogens is 1. The maximum atomic E-state index is 9.24. The number of nitrogens with one attached hydrogen (secondary N) is 1. The van der Waals surface area contributed by atoms with E-state index in [1.807, 2.05) is 58.1 Å². The average Bonchev–Trinajstić information content (AvgIpc) is 2.58. The molecule has 0 radical (unpaired) electrons. The topological polar surface area (TPSA) is 74.7 Å². The Labute approximate surface area is 142 Å². The minimum Gasteiger partial charge on any atom is -0.396 e. The van der Waals surface area contributed by atoms with Crippen molar-refractivity contribution in [2.75, 3.05) is 11.1 Å². The van der Waals surface area contributed by atoms with Crippen molar-refractivity contribution in [1.29, 1.82) is 5.26 Å². The molecule has 0 saturated carbocycles. The number of benzene rings is 2. The first-order valence-electron chi connectivity index (χ1n) is 7.84. The van der Waals surface area contributed by atoms with Gasteiger partial charge in [-0.3, -0.25) is 4.98 Å². The van der Waals surface area contributed by atoms with Crippen LogP contribution >= 0.6 is 0 Å². The van der Waals surface area contributed by atoms with Crippen molar-refractivity contribution in [1.82, 2.24) is 4.98 Å². The van der Waals surface area contributed by atoms with E-state index in [4.69, 9.17) is 5.73 Å². The van der Waals surface area contributed by atoms with Gasteiger partial charge in [0, 0.05) is 11.1 Å². The third kappa shape index (κ3) is 2.91. The van der Waals surface area contributed by atoms with Crippen LogP contribution in [0.2, 0.25) is 0 Å². The number of fused-ring (bicyclic) bond motifs is 1. The molecule has 0 spiro atoms. The number of rotatable bonds is 3. The number of nitrogens with two attached hydrogens (primary N) is 1. The molecule has 0 unspecified atom stereocenters. The molecule has 0 aliphatic rings. The Bertz CT molecular complexity index is 935. The second-order valence-corrected chi connectivity index (χ2v) is 6.55. The number of nitrogen functional groups attached to an aromatic ring is 1. The predicted octanol–water partition coefficient (Wildman–Crippen LogP) is 2.62. The number of anilines is 3. The third-order valence-electron chi connectivity index (χ3n) is 4.21. The van der Waals surface area contributed by atoms with Gasteiger partial charge in [0.05, 0.1) is 34.6 Å². The molecule has 1 aromatic heterocycles. The smallest absolute Gasteiger partial charge is 0.139 e. The summed E-state index contributed by atoms with van der Waals surface area (Å²) in [5, 5.41) is 13.6. The van der Waals surface area contributed by atoms with Gasteiger partial charge in [0.1, 0.15) is 7.85 Å². The van der Waals surface area contributed by atoms with Crippen LogP contribution in [-0.4, -0.2) is 12.8 Å². The Hall–Kier alpha value is -3.00. The van der Waals surface area contributed by atoms with Crippen LogP contribution in [0.5, 0.6) is 0 Å².